The molecule has 9 nitrogen and oxygen atoms in total. The van der Waals surface area contributed by atoms with E-state index < -0.39 is 21.7 Å². The Morgan fingerprint density at radius 3 is 2.71 bits per heavy atom. The van der Waals surface area contributed by atoms with Gasteiger partial charge in [-0.2, -0.15) is 0 Å². The summed E-state index contributed by atoms with van der Waals surface area (Å²) in [5.74, 6) is 0.456. The molecule has 0 radical (unpaired) electrons. The molecule has 6 rings (SSSR count). The molecule has 2 aliphatic rings. The average molecular weight is 589 g/mol. The molecule has 1 saturated heterocycles. The molecule has 0 aliphatic carbocycles. The minimum atomic E-state index is -3.94. The van der Waals surface area contributed by atoms with Crippen molar-refractivity contribution in [3.05, 3.63) is 88.9 Å². The van der Waals surface area contributed by atoms with Crippen molar-refractivity contribution in [2.75, 3.05) is 32.1 Å². The Morgan fingerprint density at radius 2 is 1.93 bits per heavy atom. The molecule has 210 valence electrons. The van der Waals surface area contributed by atoms with Crippen molar-refractivity contribution in [1.29, 1.82) is 0 Å². The molecule has 4 aromatic rings. The SMILES string of the molecule is CN1CC[C@@H](COc2ccc(-c3ncc(CNC(=O)c4ccc5c(c4)NC(=O)c4ccccc4S5(=O)=O)s3)cc2)C1. The predicted molar refractivity (Wildman–Crippen MR) is 156 cm³/mol. The van der Waals surface area contributed by atoms with Crippen LogP contribution in [0.25, 0.3) is 10.6 Å². The van der Waals surface area contributed by atoms with Gasteiger partial charge in [0.05, 0.1) is 34.2 Å². The molecule has 2 amide bonds. The summed E-state index contributed by atoms with van der Waals surface area (Å²) >= 11 is 1.47. The van der Waals surface area contributed by atoms with Crippen LogP contribution < -0.4 is 15.4 Å². The molecular weight excluding hydrogens is 560 g/mol. The first kappa shape index (κ1) is 27.1. The Balaban J connectivity index is 1.09. The number of hydrogen-bond donors (Lipinski definition) is 2. The highest BCUT2D eigenvalue weighted by molar-refractivity contribution is 7.91. The number of carbonyl (C=O) groups is 2. The minimum absolute atomic E-state index is 0.0537. The van der Waals surface area contributed by atoms with Gasteiger partial charge in [0.1, 0.15) is 10.8 Å². The first-order valence-corrected chi connectivity index (χ1v) is 15.5. The van der Waals surface area contributed by atoms with Crippen LogP contribution in [0.2, 0.25) is 0 Å². The third-order valence-electron chi connectivity index (χ3n) is 7.25. The van der Waals surface area contributed by atoms with Crippen LogP contribution in [0.1, 0.15) is 32.0 Å². The number of benzene rings is 3. The maximum absolute atomic E-state index is 13.2. The van der Waals surface area contributed by atoms with Crippen molar-refractivity contribution in [3.63, 3.8) is 0 Å². The Bertz CT molecular complexity index is 1730. The topological polar surface area (TPSA) is 118 Å². The summed E-state index contributed by atoms with van der Waals surface area (Å²) < 4.78 is 32.3. The standard InChI is InChI=1S/C30H28N4O5S2/c1-34-13-12-19(17-34)18-39-22-9-6-20(7-10-22)30-32-16-23(40-30)15-31-28(35)21-8-11-27-25(14-21)33-29(36)24-4-2-3-5-26(24)41(27,37)38/h2-11,14,16,19H,12-13,15,17-18H2,1H3,(H,31,35)(H,33,36)/t19-/m1/s1. The van der Waals surface area contributed by atoms with E-state index in [1.165, 1.54) is 41.7 Å². The van der Waals surface area contributed by atoms with Crippen molar-refractivity contribution < 1.29 is 22.7 Å². The van der Waals surface area contributed by atoms with Gasteiger partial charge in [-0.05, 0) is 74.6 Å². The lowest BCUT2D eigenvalue weighted by Gasteiger charge is -2.12. The largest absolute Gasteiger partial charge is 0.493 e. The van der Waals surface area contributed by atoms with Gasteiger partial charge >= 0.3 is 0 Å². The first-order chi connectivity index (χ1) is 19.8. The number of aromatic nitrogens is 1. The lowest BCUT2D eigenvalue weighted by molar-refractivity contribution is 0.0949. The second kappa shape index (κ2) is 11.1. The fourth-order valence-electron chi connectivity index (χ4n) is 5.06. The predicted octanol–water partition coefficient (Wildman–Crippen LogP) is 4.47. The second-order valence-corrected chi connectivity index (χ2v) is 13.2. The van der Waals surface area contributed by atoms with Gasteiger partial charge in [-0.1, -0.05) is 12.1 Å². The van der Waals surface area contributed by atoms with Gasteiger partial charge in [0.2, 0.25) is 9.84 Å². The van der Waals surface area contributed by atoms with E-state index in [1.807, 2.05) is 24.3 Å². The Hall–Kier alpha value is -4.06. The number of ether oxygens (including phenoxy) is 1. The number of likely N-dealkylation sites (tertiary alicyclic amines) is 1. The number of anilines is 1. The maximum atomic E-state index is 13.2. The molecule has 3 aromatic carbocycles. The van der Waals surface area contributed by atoms with Crippen molar-refractivity contribution in [3.8, 4) is 16.3 Å². The number of rotatable bonds is 7. The molecule has 0 bridgehead atoms. The number of sulfone groups is 1. The summed E-state index contributed by atoms with van der Waals surface area (Å²) in [5.41, 5.74) is 1.33. The highest BCUT2D eigenvalue weighted by Crippen LogP contribution is 2.34. The van der Waals surface area contributed by atoms with Crippen LogP contribution in [0.15, 0.2) is 82.7 Å². The Labute approximate surface area is 242 Å². The van der Waals surface area contributed by atoms with E-state index in [0.29, 0.717) is 12.5 Å². The molecule has 41 heavy (non-hydrogen) atoms. The van der Waals surface area contributed by atoms with Gasteiger partial charge in [0, 0.05) is 34.7 Å². The number of amides is 2. The second-order valence-electron chi connectivity index (χ2n) is 10.2. The summed E-state index contributed by atoms with van der Waals surface area (Å²) in [6.45, 7) is 3.15. The van der Waals surface area contributed by atoms with Crippen LogP contribution in [0.3, 0.4) is 0 Å². The van der Waals surface area contributed by atoms with E-state index in [9.17, 15) is 18.0 Å². The fraction of sp³-hybridized carbons (Fsp3) is 0.233. The summed E-state index contributed by atoms with van der Waals surface area (Å²) in [5, 5.41) is 6.32. The number of thiazole rings is 1. The van der Waals surface area contributed by atoms with Crippen molar-refractivity contribution in [2.45, 2.75) is 22.8 Å². The lowest BCUT2D eigenvalue weighted by Crippen LogP contribution is -2.22. The van der Waals surface area contributed by atoms with Crippen molar-refractivity contribution >= 4 is 38.7 Å². The molecule has 0 spiro atoms. The molecule has 0 saturated carbocycles. The number of fused-ring (bicyclic) bond motifs is 2. The van der Waals surface area contributed by atoms with Gasteiger partial charge in [0.15, 0.2) is 0 Å². The van der Waals surface area contributed by atoms with Crippen LogP contribution in [-0.2, 0) is 16.4 Å². The Kier molecular flexibility index (Phi) is 7.33. The number of hydrogen-bond acceptors (Lipinski definition) is 8. The van der Waals surface area contributed by atoms with Crippen molar-refractivity contribution in [2.24, 2.45) is 5.92 Å². The number of nitrogens with one attached hydrogen (secondary N) is 2. The van der Waals surface area contributed by atoms with E-state index >= 15 is 0 Å². The molecule has 1 fully saturated rings. The molecule has 0 unspecified atom stereocenters. The van der Waals surface area contributed by atoms with E-state index in [2.05, 4.69) is 27.6 Å². The van der Waals surface area contributed by atoms with E-state index in [1.54, 1.807) is 18.3 Å². The summed E-state index contributed by atoms with van der Waals surface area (Å²) in [6.07, 6.45) is 2.88. The summed E-state index contributed by atoms with van der Waals surface area (Å²) in [7, 11) is -1.80. The van der Waals surface area contributed by atoms with E-state index in [0.717, 1.165) is 40.7 Å². The monoisotopic (exact) mass is 588 g/mol. The molecular formula is C30H28N4O5S2. The third kappa shape index (κ3) is 5.61. The first-order valence-electron chi connectivity index (χ1n) is 13.2. The minimum Gasteiger partial charge on any atom is -0.493 e. The van der Waals surface area contributed by atoms with Crippen LogP contribution in [0.5, 0.6) is 5.75 Å². The molecule has 2 aliphatic heterocycles. The van der Waals surface area contributed by atoms with Gasteiger partial charge in [-0.15, -0.1) is 11.3 Å². The van der Waals surface area contributed by atoms with Crippen LogP contribution in [-0.4, -0.2) is 56.9 Å². The fourth-order valence-corrected chi connectivity index (χ4v) is 7.51. The third-order valence-corrected chi connectivity index (χ3v) is 10.2. The zero-order chi connectivity index (χ0) is 28.6. The van der Waals surface area contributed by atoms with Gasteiger partial charge in [-0.3, -0.25) is 9.59 Å². The van der Waals surface area contributed by atoms with Crippen LogP contribution in [0.4, 0.5) is 5.69 Å². The van der Waals surface area contributed by atoms with Crippen molar-refractivity contribution in [1.82, 2.24) is 15.2 Å². The number of nitrogens with zero attached hydrogens (tertiary/aromatic N) is 2. The summed E-state index contributed by atoms with van der Waals surface area (Å²) in [4.78, 5) is 33.2. The smallest absolute Gasteiger partial charge is 0.257 e. The van der Waals surface area contributed by atoms with Crippen LogP contribution >= 0.6 is 11.3 Å². The average Bonchev–Trinajstić information content (AvgIpc) is 3.62. The van der Waals surface area contributed by atoms with E-state index in [-0.39, 0.29) is 33.2 Å². The summed E-state index contributed by atoms with van der Waals surface area (Å²) in [6, 6.07) is 18.1. The molecule has 1 atom stereocenters. The maximum Gasteiger partial charge on any atom is 0.257 e. The lowest BCUT2D eigenvalue weighted by atomic mass is 10.1. The normalized spacial score (nSPS) is 17.7. The van der Waals surface area contributed by atoms with Gasteiger partial charge < -0.3 is 20.3 Å². The van der Waals surface area contributed by atoms with E-state index in [4.69, 9.17) is 4.74 Å². The number of carbonyl (C=O) groups excluding carboxylic acids is 2. The quantitative estimate of drug-likeness (QED) is 0.327. The zero-order valence-electron chi connectivity index (χ0n) is 22.3. The molecule has 3 heterocycles. The van der Waals surface area contributed by atoms with Crippen LogP contribution in [0, 0.1) is 5.92 Å². The molecule has 1 aromatic heterocycles. The Morgan fingerprint density at radius 1 is 1.12 bits per heavy atom. The van der Waals surface area contributed by atoms with Gasteiger partial charge in [-0.25, -0.2) is 13.4 Å². The highest BCUT2D eigenvalue weighted by Gasteiger charge is 2.31. The molecule has 2 N–H and O–H groups in total. The zero-order valence-corrected chi connectivity index (χ0v) is 23.9. The highest BCUT2D eigenvalue weighted by atomic mass is 32.2. The molecule has 11 heteroatoms. The van der Waals surface area contributed by atoms with Gasteiger partial charge in [0.25, 0.3) is 11.8 Å².